The van der Waals surface area contributed by atoms with Crippen LogP contribution in [0.1, 0.15) is 12.0 Å². The van der Waals surface area contributed by atoms with Crippen molar-refractivity contribution in [2.45, 2.75) is 13.0 Å². The highest BCUT2D eigenvalue weighted by Crippen LogP contribution is 2.22. The monoisotopic (exact) mass is 220 g/mol. The molecule has 88 valence electrons. The third-order valence-electron chi connectivity index (χ3n) is 3.25. The van der Waals surface area contributed by atoms with Crippen molar-refractivity contribution in [2.75, 3.05) is 26.7 Å². The Morgan fingerprint density at radius 3 is 3.00 bits per heavy atom. The Morgan fingerprint density at radius 2 is 2.25 bits per heavy atom. The molecule has 1 saturated heterocycles. The van der Waals surface area contributed by atoms with E-state index in [0.29, 0.717) is 5.75 Å². The van der Waals surface area contributed by atoms with E-state index >= 15 is 0 Å². The summed E-state index contributed by atoms with van der Waals surface area (Å²) in [6.07, 6.45) is 1.26. The first-order chi connectivity index (χ1) is 7.79. The molecule has 0 aliphatic carbocycles. The minimum Gasteiger partial charge on any atom is -0.508 e. The van der Waals surface area contributed by atoms with Crippen molar-refractivity contribution < 1.29 is 5.11 Å². The standard InChI is InChI=1S/C13H20N2O/c1-14-8-11-6-7-15(9-11)10-12-4-2-3-5-13(12)16/h2-5,11,14,16H,6-10H2,1H3. The third-order valence-corrected chi connectivity index (χ3v) is 3.25. The summed E-state index contributed by atoms with van der Waals surface area (Å²) in [6.45, 7) is 4.24. The summed E-state index contributed by atoms with van der Waals surface area (Å²) in [5, 5.41) is 12.9. The topological polar surface area (TPSA) is 35.5 Å². The molecular formula is C13H20N2O. The van der Waals surface area contributed by atoms with Crippen molar-refractivity contribution in [3.8, 4) is 5.75 Å². The maximum atomic E-state index is 9.70. The highest BCUT2D eigenvalue weighted by atomic mass is 16.3. The number of rotatable bonds is 4. The number of nitrogens with zero attached hydrogens (tertiary/aromatic N) is 1. The molecule has 1 aromatic rings. The second kappa shape index (κ2) is 5.32. The van der Waals surface area contributed by atoms with Gasteiger partial charge in [-0.25, -0.2) is 0 Å². The number of aromatic hydroxyl groups is 1. The summed E-state index contributed by atoms with van der Waals surface area (Å²) in [5.41, 5.74) is 1.03. The van der Waals surface area contributed by atoms with Crippen LogP contribution in [0.2, 0.25) is 0 Å². The zero-order valence-electron chi connectivity index (χ0n) is 9.82. The van der Waals surface area contributed by atoms with Gasteiger partial charge in [-0.2, -0.15) is 0 Å². The molecule has 1 aliphatic rings. The van der Waals surface area contributed by atoms with Crippen LogP contribution >= 0.6 is 0 Å². The van der Waals surface area contributed by atoms with Gasteiger partial charge in [-0.3, -0.25) is 4.90 Å². The average Bonchev–Trinajstić information content (AvgIpc) is 2.70. The fourth-order valence-corrected chi connectivity index (χ4v) is 2.40. The van der Waals surface area contributed by atoms with E-state index in [9.17, 15) is 5.11 Å². The maximum Gasteiger partial charge on any atom is 0.120 e. The van der Waals surface area contributed by atoms with Crippen LogP contribution in [0.3, 0.4) is 0 Å². The first-order valence-electron chi connectivity index (χ1n) is 5.93. The Balaban J connectivity index is 1.90. The van der Waals surface area contributed by atoms with E-state index in [1.165, 1.54) is 6.42 Å². The van der Waals surface area contributed by atoms with Crippen molar-refractivity contribution in [3.05, 3.63) is 29.8 Å². The molecule has 1 aromatic carbocycles. The molecule has 0 saturated carbocycles. The van der Waals surface area contributed by atoms with Crippen molar-refractivity contribution in [2.24, 2.45) is 5.92 Å². The first kappa shape index (κ1) is 11.4. The lowest BCUT2D eigenvalue weighted by Gasteiger charge is -2.16. The van der Waals surface area contributed by atoms with Crippen molar-refractivity contribution in [1.82, 2.24) is 10.2 Å². The molecule has 0 bridgehead atoms. The summed E-state index contributed by atoms with van der Waals surface area (Å²) in [5.74, 6) is 1.18. The van der Waals surface area contributed by atoms with Gasteiger partial charge < -0.3 is 10.4 Å². The molecule has 1 atom stereocenters. The minimum atomic E-state index is 0.416. The van der Waals surface area contributed by atoms with Crippen molar-refractivity contribution in [3.63, 3.8) is 0 Å². The second-order valence-corrected chi connectivity index (χ2v) is 4.58. The molecule has 2 rings (SSSR count). The largest absolute Gasteiger partial charge is 0.508 e. The molecule has 1 heterocycles. The Kier molecular flexibility index (Phi) is 3.80. The van der Waals surface area contributed by atoms with E-state index < -0.39 is 0 Å². The Hall–Kier alpha value is -1.06. The predicted octanol–water partition coefficient (Wildman–Crippen LogP) is 1.43. The van der Waals surface area contributed by atoms with Crippen molar-refractivity contribution >= 4 is 0 Å². The molecule has 0 aromatic heterocycles. The summed E-state index contributed by atoms with van der Waals surface area (Å²) in [7, 11) is 2.01. The van der Waals surface area contributed by atoms with E-state index in [1.807, 2.05) is 25.2 Å². The molecular weight excluding hydrogens is 200 g/mol. The van der Waals surface area contributed by atoms with Gasteiger partial charge in [0.25, 0.3) is 0 Å². The number of nitrogens with one attached hydrogen (secondary N) is 1. The quantitative estimate of drug-likeness (QED) is 0.806. The molecule has 3 heteroatoms. The highest BCUT2D eigenvalue weighted by Gasteiger charge is 2.22. The second-order valence-electron chi connectivity index (χ2n) is 4.58. The van der Waals surface area contributed by atoms with Gasteiger partial charge in [0.1, 0.15) is 5.75 Å². The van der Waals surface area contributed by atoms with E-state index in [-0.39, 0.29) is 0 Å². The lowest BCUT2D eigenvalue weighted by Crippen LogP contribution is -2.24. The number of phenolic OH excluding ortho intramolecular Hbond substituents is 1. The Bertz CT molecular complexity index is 340. The zero-order valence-corrected chi connectivity index (χ0v) is 9.82. The van der Waals surface area contributed by atoms with Crippen LogP contribution in [0.4, 0.5) is 0 Å². The Labute approximate surface area is 97.1 Å². The number of hydrogen-bond acceptors (Lipinski definition) is 3. The van der Waals surface area contributed by atoms with Gasteiger partial charge in [0.15, 0.2) is 0 Å². The fourth-order valence-electron chi connectivity index (χ4n) is 2.40. The normalized spacial score (nSPS) is 21.4. The molecule has 0 spiro atoms. The summed E-state index contributed by atoms with van der Waals surface area (Å²) >= 11 is 0. The molecule has 2 N–H and O–H groups in total. The number of para-hydroxylation sites is 1. The summed E-state index contributed by atoms with van der Waals surface area (Å²) in [4.78, 5) is 2.41. The number of benzene rings is 1. The lowest BCUT2D eigenvalue weighted by molar-refractivity contribution is 0.309. The molecule has 3 nitrogen and oxygen atoms in total. The Morgan fingerprint density at radius 1 is 1.44 bits per heavy atom. The van der Waals surface area contributed by atoms with Crippen LogP contribution in [0.5, 0.6) is 5.75 Å². The van der Waals surface area contributed by atoms with E-state index in [0.717, 1.165) is 37.7 Å². The molecule has 1 unspecified atom stereocenters. The van der Waals surface area contributed by atoms with Crippen molar-refractivity contribution in [1.29, 1.82) is 0 Å². The van der Waals surface area contributed by atoms with Crippen LogP contribution in [0, 0.1) is 5.92 Å². The highest BCUT2D eigenvalue weighted by molar-refractivity contribution is 5.31. The van der Waals surface area contributed by atoms with E-state index in [2.05, 4.69) is 10.2 Å². The molecule has 16 heavy (non-hydrogen) atoms. The van der Waals surface area contributed by atoms with Crippen LogP contribution in [-0.4, -0.2) is 36.7 Å². The molecule has 1 fully saturated rings. The van der Waals surface area contributed by atoms with Gasteiger partial charge >= 0.3 is 0 Å². The van der Waals surface area contributed by atoms with Crippen LogP contribution in [-0.2, 0) is 6.54 Å². The average molecular weight is 220 g/mol. The minimum absolute atomic E-state index is 0.416. The summed E-state index contributed by atoms with van der Waals surface area (Å²) in [6, 6.07) is 7.61. The smallest absolute Gasteiger partial charge is 0.120 e. The van der Waals surface area contributed by atoms with Gasteiger partial charge in [0.2, 0.25) is 0 Å². The zero-order chi connectivity index (χ0) is 11.4. The van der Waals surface area contributed by atoms with Gasteiger partial charge in [0, 0.05) is 18.7 Å². The van der Waals surface area contributed by atoms with Crippen LogP contribution in [0.15, 0.2) is 24.3 Å². The number of likely N-dealkylation sites (tertiary alicyclic amines) is 1. The predicted molar refractivity (Wildman–Crippen MR) is 65.4 cm³/mol. The third kappa shape index (κ3) is 2.74. The lowest BCUT2D eigenvalue weighted by atomic mass is 10.1. The molecule has 0 amide bonds. The molecule has 1 aliphatic heterocycles. The van der Waals surface area contributed by atoms with E-state index in [1.54, 1.807) is 6.07 Å². The van der Waals surface area contributed by atoms with Gasteiger partial charge in [-0.05, 0) is 38.5 Å². The maximum absolute atomic E-state index is 9.70. The first-order valence-corrected chi connectivity index (χ1v) is 5.93. The van der Waals surface area contributed by atoms with Crippen LogP contribution < -0.4 is 5.32 Å². The van der Waals surface area contributed by atoms with Gasteiger partial charge in [-0.15, -0.1) is 0 Å². The van der Waals surface area contributed by atoms with Gasteiger partial charge in [-0.1, -0.05) is 18.2 Å². The molecule has 0 radical (unpaired) electrons. The SMILES string of the molecule is CNCC1CCN(Cc2ccccc2O)C1. The number of hydrogen-bond donors (Lipinski definition) is 2. The van der Waals surface area contributed by atoms with Crippen LogP contribution in [0.25, 0.3) is 0 Å². The van der Waals surface area contributed by atoms with Gasteiger partial charge in [0.05, 0.1) is 0 Å². The fraction of sp³-hybridized carbons (Fsp3) is 0.538. The summed E-state index contributed by atoms with van der Waals surface area (Å²) < 4.78 is 0. The number of phenols is 1. The van der Waals surface area contributed by atoms with E-state index in [4.69, 9.17) is 0 Å².